The molecule has 0 saturated heterocycles. The summed E-state index contributed by atoms with van der Waals surface area (Å²) in [5, 5.41) is 0.600. The van der Waals surface area contributed by atoms with Crippen LogP contribution in [-0.2, 0) is 4.79 Å². The van der Waals surface area contributed by atoms with Crippen LogP contribution in [-0.4, -0.2) is 42.1 Å². The molecule has 0 heterocycles. The fraction of sp³-hybridized carbons (Fsp3) is 0.125. The van der Waals surface area contributed by atoms with Crippen LogP contribution in [0.3, 0.4) is 0 Å². The first-order chi connectivity index (χ1) is 5.72. The Bertz CT molecular complexity index is 276. The third kappa shape index (κ3) is 4.64. The Kier molecular flexibility index (Phi) is 6.37. The number of esters is 1. The van der Waals surface area contributed by atoms with E-state index in [1.807, 2.05) is 0 Å². The second-order valence-electron chi connectivity index (χ2n) is 2.13. The van der Waals surface area contributed by atoms with Gasteiger partial charge in [-0.2, -0.15) is 0 Å². The van der Waals surface area contributed by atoms with Gasteiger partial charge in [-0.1, -0.05) is 11.6 Å². The van der Waals surface area contributed by atoms with E-state index in [4.69, 9.17) is 22.1 Å². The average Bonchev–Trinajstić information content (AvgIpc) is 2.09. The van der Waals surface area contributed by atoms with E-state index in [1.54, 1.807) is 24.3 Å². The molecule has 0 unspecified atom stereocenters. The Hall–Kier alpha value is -0.0600. The summed E-state index contributed by atoms with van der Waals surface area (Å²) in [6.07, 6.45) is 0. The molecule has 0 saturated carbocycles. The average molecular weight is 210 g/mol. The number of ether oxygens (including phenoxy) is 1. The fourth-order valence-corrected chi connectivity index (χ4v) is 0.802. The molecule has 3 nitrogen and oxygen atoms in total. The van der Waals surface area contributed by atoms with Crippen LogP contribution in [0, 0.1) is 0 Å². The molecule has 1 aromatic rings. The summed E-state index contributed by atoms with van der Waals surface area (Å²) < 4.78 is 4.80. The van der Waals surface area contributed by atoms with Gasteiger partial charge in [-0.15, -0.1) is 0 Å². The van der Waals surface area contributed by atoms with E-state index in [9.17, 15) is 4.79 Å². The third-order valence-corrected chi connectivity index (χ3v) is 1.46. The molecular weight excluding hydrogens is 201 g/mol. The molecule has 0 amide bonds. The van der Waals surface area contributed by atoms with Crippen LogP contribution in [0.1, 0.15) is 0 Å². The van der Waals surface area contributed by atoms with Gasteiger partial charge in [0.05, 0.1) is 6.54 Å². The zero-order valence-electron chi connectivity index (χ0n) is 6.29. The normalized spacial score (nSPS) is 8.77. The SMILES string of the molecule is NCC(=O)Oc1ccc(Cl)cc1.[NaH]. The summed E-state index contributed by atoms with van der Waals surface area (Å²) in [6, 6.07) is 6.49. The van der Waals surface area contributed by atoms with Crippen molar-refractivity contribution >= 4 is 47.1 Å². The maximum absolute atomic E-state index is 10.7. The molecule has 2 N–H and O–H groups in total. The number of carbonyl (C=O) groups is 1. The van der Waals surface area contributed by atoms with E-state index in [-0.39, 0.29) is 36.1 Å². The number of halogens is 1. The Morgan fingerprint density at radius 1 is 1.38 bits per heavy atom. The molecule has 0 radical (unpaired) electrons. The van der Waals surface area contributed by atoms with Gasteiger partial charge >= 0.3 is 35.5 Å². The van der Waals surface area contributed by atoms with Crippen molar-refractivity contribution in [1.29, 1.82) is 0 Å². The van der Waals surface area contributed by atoms with Crippen LogP contribution in [0.4, 0.5) is 0 Å². The van der Waals surface area contributed by atoms with Gasteiger partial charge in [-0.25, -0.2) is 0 Å². The van der Waals surface area contributed by atoms with Crippen LogP contribution in [0.5, 0.6) is 5.75 Å². The van der Waals surface area contributed by atoms with Crippen LogP contribution >= 0.6 is 11.6 Å². The standard InChI is InChI=1S/C8H8ClNO2.Na.H/c9-6-1-3-7(4-2-6)12-8(11)5-10;;/h1-4H,5,10H2;;. The molecule has 0 aromatic heterocycles. The molecule has 66 valence electrons. The molecule has 0 spiro atoms. The van der Waals surface area contributed by atoms with Gasteiger partial charge in [0.25, 0.3) is 0 Å². The maximum atomic E-state index is 10.7. The first-order valence-corrected chi connectivity index (χ1v) is 3.76. The van der Waals surface area contributed by atoms with E-state index in [0.29, 0.717) is 10.8 Å². The third-order valence-electron chi connectivity index (χ3n) is 1.21. The van der Waals surface area contributed by atoms with Crippen molar-refractivity contribution < 1.29 is 9.53 Å². The topological polar surface area (TPSA) is 52.3 Å². The monoisotopic (exact) mass is 209 g/mol. The number of hydrogen-bond acceptors (Lipinski definition) is 3. The van der Waals surface area contributed by atoms with Gasteiger partial charge in [0.1, 0.15) is 5.75 Å². The minimum atomic E-state index is -0.461. The zero-order chi connectivity index (χ0) is 8.97. The molecule has 1 rings (SSSR count). The Labute approximate surface area is 103 Å². The first-order valence-electron chi connectivity index (χ1n) is 3.38. The van der Waals surface area contributed by atoms with Crippen LogP contribution in [0.25, 0.3) is 0 Å². The molecule has 0 aliphatic heterocycles. The summed E-state index contributed by atoms with van der Waals surface area (Å²) in [6.45, 7) is -0.122. The molecule has 0 bridgehead atoms. The molecule has 0 aliphatic rings. The van der Waals surface area contributed by atoms with Crippen molar-refractivity contribution in [3.8, 4) is 5.75 Å². The van der Waals surface area contributed by atoms with Gasteiger partial charge in [0.2, 0.25) is 0 Å². The molecule has 1 aromatic carbocycles. The first kappa shape index (κ1) is 12.9. The molecule has 0 aliphatic carbocycles. The van der Waals surface area contributed by atoms with Gasteiger partial charge in [0.15, 0.2) is 0 Å². The van der Waals surface area contributed by atoms with E-state index >= 15 is 0 Å². The molecular formula is C8H9ClNNaO2. The van der Waals surface area contributed by atoms with Crippen molar-refractivity contribution in [3.05, 3.63) is 29.3 Å². The quantitative estimate of drug-likeness (QED) is 0.440. The predicted molar refractivity (Wildman–Crippen MR) is 53.3 cm³/mol. The van der Waals surface area contributed by atoms with Gasteiger partial charge in [0, 0.05) is 5.02 Å². The van der Waals surface area contributed by atoms with Gasteiger partial charge in [-0.05, 0) is 24.3 Å². The molecule has 13 heavy (non-hydrogen) atoms. The Balaban J connectivity index is 0.00000144. The summed E-state index contributed by atoms with van der Waals surface area (Å²) >= 11 is 5.62. The van der Waals surface area contributed by atoms with E-state index in [0.717, 1.165) is 0 Å². The molecule has 5 heteroatoms. The number of hydrogen-bond donors (Lipinski definition) is 1. The van der Waals surface area contributed by atoms with Crippen LogP contribution < -0.4 is 10.5 Å². The van der Waals surface area contributed by atoms with Crippen LogP contribution in [0.15, 0.2) is 24.3 Å². The van der Waals surface area contributed by atoms with Crippen molar-refractivity contribution in [1.82, 2.24) is 0 Å². The minimum absolute atomic E-state index is 0. The van der Waals surface area contributed by atoms with Gasteiger partial charge < -0.3 is 10.5 Å². The summed E-state index contributed by atoms with van der Waals surface area (Å²) in [5.41, 5.74) is 5.05. The number of nitrogens with two attached hydrogens (primary N) is 1. The Morgan fingerprint density at radius 2 is 1.92 bits per heavy atom. The fourth-order valence-electron chi connectivity index (χ4n) is 0.676. The van der Waals surface area contributed by atoms with Crippen molar-refractivity contribution in [2.75, 3.05) is 6.54 Å². The van der Waals surface area contributed by atoms with E-state index < -0.39 is 5.97 Å². The summed E-state index contributed by atoms with van der Waals surface area (Å²) in [7, 11) is 0. The van der Waals surface area contributed by atoms with E-state index in [2.05, 4.69) is 0 Å². The Morgan fingerprint density at radius 3 is 2.38 bits per heavy atom. The molecule has 0 atom stereocenters. The second-order valence-corrected chi connectivity index (χ2v) is 2.57. The van der Waals surface area contributed by atoms with E-state index in [1.165, 1.54) is 0 Å². The van der Waals surface area contributed by atoms with Gasteiger partial charge in [-0.3, -0.25) is 4.79 Å². The summed E-state index contributed by atoms with van der Waals surface area (Å²) in [4.78, 5) is 10.7. The number of benzene rings is 1. The number of rotatable bonds is 2. The van der Waals surface area contributed by atoms with Crippen molar-refractivity contribution in [2.45, 2.75) is 0 Å². The second kappa shape index (κ2) is 6.40. The zero-order valence-corrected chi connectivity index (χ0v) is 7.04. The predicted octanol–water partition coefficient (Wildman–Crippen LogP) is 0.556. The van der Waals surface area contributed by atoms with Crippen molar-refractivity contribution in [2.24, 2.45) is 5.73 Å². The number of carbonyl (C=O) groups excluding carboxylic acids is 1. The summed E-state index contributed by atoms with van der Waals surface area (Å²) in [5.74, 6) is -0.00725. The molecule has 0 fully saturated rings. The van der Waals surface area contributed by atoms with Crippen molar-refractivity contribution in [3.63, 3.8) is 0 Å². The van der Waals surface area contributed by atoms with Crippen LogP contribution in [0.2, 0.25) is 5.02 Å².